The lowest BCUT2D eigenvalue weighted by Gasteiger charge is -2.22. The first kappa shape index (κ1) is 12.8. The molecule has 1 aliphatic rings. The predicted octanol–water partition coefficient (Wildman–Crippen LogP) is -1.11. The molecule has 1 fully saturated rings. The molecule has 0 amide bonds. The Hall–Kier alpha value is -1.63. The van der Waals surface area contributed by atoms with E-state index in [1.165, 1.54) is 18.8 Å². The number of piperidine rings is 1. The van der Waals surface area contributed by atoms with Gasteiger partial charge in [0.15, 0.2) is 0 Å². The Morgan fingerprint density at radius 3 is 2.67 bits per heavy atom. The topological polar surface area (TPSA) is 81.0 Å². The van der Waals surface area contributed by atoms with Gasteiger partial charge in [-0.3, -0.25) is 9.36 Å². The Kier molecular flexibility index (Phi) is 3.81. The van der Waals surface area contributed by atoms with Gasteiger partial charge < -0.3 is 10.6 Å². The quantitative estimate of drug-likeness (QED) is 0.714. The van der Waals surface area contributed by atoms with Gasteiger partial charge in [0.05, 0.1) is 0 Å². The second kappa shape index (κ2) is 5.34. The molecular formula is C11H19N5O2. The molecule has 0 unspecified atom stereocenters. The summed E-state index contributed by atoms with van der Waals surface area (Å²) in [5, 5.41) is 10.3. The van der Waals surface area contributed by atoms with Crippen molar-refractivity contribution < 1.29 is 0 Å². The second-order valence-corrected chi connectivity index (χ2v) is 4.69. The fourth-order valence-corrected chi connectivity index (χ4v) is 2.14. The highest BCUT2D eigenvalue weighted by molar-refractivity contribution is 5.29. The number of aryl methyl sites for hydroxylation is 1. The Morgan fingerprint density at radius 1 is 1.33 bits per heavy atom. The van der Waals surface area contributed by atoms with Crippen LogP contribution in [0.4, 0.5) is 5.82 Å². The minimum absolute atomic E-state index is 0.248. The van der Waals surface area contributed by atoms with Gasteiger partial charge in [-0.25, -0.2) is 9.48 Å². The van der Waals surface area contributed by atoms with Crippen molar-refractivity contribution in [3.63, 3.8) is 0 Å². The molecule has 100 valence electrons. The summed E-state index contributed by atoms with van der Waals surface area (Å²) >= 11 is 0. The van der Waals surface area contributed by atoms with Crippen LogP contribution in [0, 0.1) is 5.92 Å². The van der Waals surface area contributed by atoms with E-state index >= 15 is 0 Å². The molecule has 7 nitrogen and oxygen atoms in total. The molecule has 2 N–H and O–H groups in total. The minimum Gasteiger partial charge on any atom is -0.364 e. The molecule has 0 spiro atoms. The van der Waals surface area contributed by atoms with Gasteiger partial charge in [-0.05, 0) is 31.8 Å². The van der Waals surface area contributed by atoms with Gasteiger partial charge in [-0.2, -0.15) is 0 Å². The molecule has 2 rings (SSSR count). The lowest BCUT2D eigenvalue weighted by atomic mass is 9.98. The zero-order valence-electron chi connectivity index (χ0n) is 10.8. The molecule has 1 aliphatic heterocycles. The van der Waals surface area contributed by atoms with Crippen LogP contribution < -0.4 is 21.9 Å². The van der Waals surface area contributed by atoms with Crippen LogP contribution in [0.3, 0.4) is 0 Å². The van der Waals surface area contributed by atoms with E-state index in [0.29, 0.717) is 5.92 Å². The Balaban J connectivity index is 2.10. The van der Waals surface area contributed by atoms with Crippen molar-refractivity contribution in [3.8, 4) is 0 Å². The normalized spacial score (nSPS) is 16.8. The van der Waals surface area contributed by atoms with Crippen LogP contribution >= 0.6 is 0 Å². The van der Waals surface area contributed by atoms with Crippen molar-refractivity contribution in [3.05, 3.63) is 20.8 Å². The van der Waals surface area contributed by atoms with Crippen LogP contribution in [0.25, 0.3) is 0 Å². The van der Waals surface area contributed by atoms with Crippen molar-refractivity contribution in [1.29, 1.82) is 0 Å². The molecule has 0 atom stereocenters. The number of hydrogen-bond donors (Lipinski definition) is 2. The van der Waals surface area contributed by atoms with E-state index in [0.717, 1.165) is 37.0 Å². The largest absolute Gasteiger partial charge is 0.364 e. The Bertz CT molecular complexity index is 527. The van der Waals surface area contributed by atoms with Crippen LogP contribution in [0.15, 0.2) is 9.59 Å². The van der Waals surface area contributed by atoms with Gasteiger partial charge in [0.25, 0.3) is 5.56 Å². The van der Waals surface area contributed by atoms with Gasteiger partial charge >= 0.3 is 5.69 Å². The van der Waals surface area contributed by atoms with E-state index < -0.39 is 5.69 Å². The van der Waals surface area contributed by atoms with Gasteiger partial charge in [-0.1, -0.05) is 0 Å². The van der Waals surface area contributed by atoms with Gasteiger partial charge in [0.1, 0.15) is 0 Å². The highest BCUT2D eigenvalue weighted by atomic mass is 16.2. The minimum atomic E-state index is -0.410. The molecule has 0 bridgehead atoms. The van der Waals surface area contributed by atoms with E-state index in [9.17, 15) is 9.59 Å². The van der Waals surface area contributed by atoms with Crippen molar-refractivity contribution in [2.75, 3.05) is 25.0 Å². The first-order chi connectivity index (χ1) is 8.59. The zero-order valence-corrected chi connectivity index (χ0v) is 10.8. The second-order valence-electron chi connectivity index (χ2n) is 4.69. The SMILES string of the molecule is Cn1nc(NCC2CCNCC2)c(=O)n(C)c1=O. The maximum absolute atomic E-state index is 11.8. The van der Waals surface area contributed by atoms with E-state index in [2.05, 4.69) is 15.7 Å². The Labute approximate surface area is 105 Å². The number of anilines is 1. The van der Waals surface area contributed by atoms with E-state index in [1.54, 1.807) is 0 Å². The fraction of sp³-hybridized carbons (Fsp3) is 0.727. The van der Waals surface area contributed by atoms with Crippen LogP contribution in [0.5, 0.6) is 0 Å². The molecule has 18 heavy (non-hydrogen) atoms. The fourth-order valence-electron chi connectivity index (χ4n) is 2.14. The molecule has 1 aromatic heterocycles. The predicted molar refractivity (Wildman–Crippen MR) is 68.8 cm³/mol. The van der Waals surface area contributed by atoms with E-state index in [4.69, 9.17) is 0 Å². The summed E-state index contributed by atoms with van der Waals surface area (Å²) in [7, 11) is 3.00. The third kappa shape index (κ3) is 2.61. The first-order valence-electron chi connectivity index (χ1n) is 6.18. The molecule has 1 aromatic rings. The number of nitrogens with one attached hydrogen (secondary N) is 2. The molecule has 0 saturated carbocycles. The standard InChI is InChI=1S/C11H19N5O2/c1-15-10(17)9(14-16(2)11(15)18)13-7-8-3-5-12-6-4-8/h8,12H,3-7H2,1-2H3,(H,13,14). The Morgan fingerprint density at radius 2 is 2.00 bits per heavy atom. The molecular weight excluding hydrogens is 234 g/mol. The van der Waals surface area contributed by atoms with Crippen molar-refractivity contribution in [2.24, 2.45) is 20.0 Å². The molecule has 0 aromatic carbocycles. The average molecular weight is 253 g/mol. The third-order valence-corrected chi connectivity index (χ3v) is 3.34. The lowest BCUT2D eigenvalue weighted by Crippen LogP contribution is -2.40. The molecule has 2 heterocycles. The summed E-state index contributed by atoms with van der Waals surface area (Å²) in [5.74, 6) is 0.799. The number of hydrogen-bond acceptors (Lipinski definition) is 5. The van der Waals surface area contributed by atoms with Crippen LogP contribution in [0.1, 0.15) is 12.8 Å². The first-order valence-corrected chi connectivity index (χ1v) is 6.18. The summed E-state index contributed by atoms with van der Waals surface area (Å²) in [5.41, 5.74) is -0.778. The van der Waals surface area contributed by atoms with Gasteiger partial charge in [0.2, 0.25) is 5.82 Å². The van der Waals surface area contributed by atoms with E-state index in [1.807, 2.05) is 0 Å². The van der Waals surface area contributed by atoms with E-state index in [-0.39, 0.29) is 11.4 Å². The summed E-state index contributed by atoms with van der Waals surface area (Å²) in [6, 6.07) is 0. The summed E-state index contributed by atoms with van der Waals surface area (Å²) in [6.07, 6.45) is 2.19. The summed E-state index contributed by atoms with van der Waals surface area (Å²) in [4.78, 5) is 23.3. The van der Waals surface area contributed by atoms with Crippen molar-refractivity contribution >= 4 is 5.82 Å². The van der Waals surface area contributed by atoms with Gasteiger partial charge in [0, 0.05) is 20.6 Å². The maximum atomic E-state index is 11.8. The summed E-state index contributed by atoms with van der Waals surface area (Å²) < 4.78 is 2.24. The smallest absolute Gasteiger partial charge is 0.346 e. The molecule has 0 radical (unpaired) electrons. The molecule has 7 heteroatoms. The van der Waals surface area contributed by atoms with Crippen LogP contribution in [-0.2, 0) is 14.1 Å². The third-order valence-electron chi connectivity index (χ3n) is 3.34. The van der Waals surface area contributed by atoms with Crippen LogP contribution in [-0.4, -0.2) is 34.0 Å². The molecule has 1 saturated heterocycles. The highest BCUT2D eigenvalue weighted by Crippen LogP contribution is 2.11. The zero-order chi connectivity index (χ0) is 13.1. The number of nitrogens with zero attached hydrogens (tertiary/aromatic N) is 3. The number of aromatic nitrogens is 3. The van der Waals surface area contributed by atoms with Crippen LogP contribution in [0.2, 0.25) is 0 Å². The average Bonchev–Trinajstić information content (AvgIpc) is 2.40. The monoisotopic (exact) mass is 253 g/mol. The molecule has 0 aliphatic carbocycles. The summed E-state index contributed by atoms with van der Waals surface area (Å²) in [6.45, 7) is 2.76. The maximum Gasteiger partial charge on any atom is 0.346 e. The van der Waals surface area contributed by atoms with Crippen molar-refractivity contribution in [2.45, 2.75) is 12.8 Å². The van der Waals surface area contributed by atoms with Gasteiger partial charge in [-0.15, -0.1) is 5.10 Å². The van der Waals surface area contributed by atoms with Crippen molar-refractivity contribution in [1.82, 2.24) is 19.7 Å². The number of rotatable bonds is 3. The lowest BCUT2D eigenvalue weighted by molar-refractivity contribution is 0.389. The highest BCUT2D eigenvalue weighted by Gasteiger charge is 2.14.